The normalized spacial score (nSPS) is 15.0. The molecule has 0 radical (unpaired) electrons. The highest BCUT2D eigenvalue weighted by atomic mass is 32.1. The molecule has 1 aliphatic heterocycles. The highest BCUT2D eigenvalue weighted by Crippen LogP contribution is 2.34. The summed E-state index contributed by atoms with van der Waals surface area (Å²) >= 11 is 1.73. The minimum Gasteiger partial charge on any atom is -0.491 e. The first-order chi connectivity index (χ1) is 16.5. The molecule has 0 saturated heterocycles. The van der Waals surface area contributed by atoms with Crippen LogP contribution in [-0.4, -0.2) is 47.9 Å². The maximum absolute atomic E-state index is 13.6. The van der Waals surface area contributed by atoms with Crippen LogP contribution in [0, 0.1) is 13.8 Å². The van der Waals surface area contributed by atoms with Crippen LogP contribution in [0.25, 0.3) is 0 Å². The van der Waals surface area contributed by atoms with Gasteiger partial charge in [-0.1, -0.05) is 42.8 Å². The molecule has 0 saturated carbocycles. The summed E-state index contributed by atoms with van der Waals surface area (Å²) < 4.78 is 6.12. The molecule has 1 aromatic heterocycles. The molecular formula is C28H32N2O3S. The van der Waals surface area contributed by atoms with Crippen molar-refractivity contribution in [1.82, 2.24) is 9.80 Å². The molecule has 34 heavy (non-hydrogen) atoms. The number of carbonyl (C=O) groups is 2. The molecule has 0 aliphatic carbocycles. The minimum absolute atomic E-state index is 0.0373. The number of rotatable bonds is 8. The number of hydrogen-bond donors (Lipinski definition) is 0. The Balaban J connectivity index is 1.52. The summed E-state index contributed by atoms with van der Waals surface area (Å²) in [6, 6.07) is 17.5. The number of fused-ring (bicyclic) bond motifs is 1. The van der Waals surface area contributed by atoms with E-state index in [0.29, 0.717) is 25.3 Å². The number of benzene rings is 2. The van der Waals surface area contributed by atoms with E-state index in [1.165, 1.54) is 10.4 Å². The molecule has 1 atom stereocenters. The molecule has 0 unspecified atom stereocenters. The van der Waals surface area contributed by atoms with E-state index >= 15 is 0 Å². The van der Waals surface area contributed by atoms with Crippen molar-refractivity contribution in [2.75, 3.05) is 26.2 Å². The van der Waals surface area contributed by atoms with Crippen LogP contribution in [0.5, 0.6) is 5.75 Å². The number of amides is 2. The summed E-state index contributed by atoms with van der Waals surface area (Å²) in [5.41, 5.74) is 3.91. The van der Waals surface area contributed by atoms with Gasteiger partial charge in [-0.25, -0.2) is 0 Å². The van der Waals surface area contributed by atoms with Crippen LogP contribution in [0.3, 0.4) is 0 Å². The maximum Gasteiger partial charge on any atom is 0.254 e. The lowest BCUT2D eigenvalue weighted by Gasteiger charge is -2.37. The van der Waals surface area contributed by atoms with Crippen molar-refractivity contribution < 1.29 is 14.3 Å². The van der Waals surface area contributed by atoms with Gasteiger partial charge < -0.3 is 14.5 Å². The van der Waals surface area contributed by atoms with Gasteiger partial charge in [0, 0.05) is 23.5 Å². The topological polar surface area (TPSA) is 49.9 Å². The molecule has 4 rings (SSSR count). The number of ether oxygens (including phenoxy) is 1. The van der Waals surface area contributed by atoms with E-state index in [2.05, 4.69) is 11.4 Å². The standard InChI is InChI=1S/C28H32N2O3S/c1-4-15-29(28(32)23-8-6-5-7-21(23)3)18-27(31)30-16-13-26-24(14-17-34-26)25(30)19-33-22-11-9-20(2)10-12-22/h5-12,14,17,25H,4,13,15-16,18-19H2,1-3H3/t25-/m1/s1. The zero-order chi connectivity index (χ0) is 24.1. The van der Waals surface area contributed by atoms with Crippen LogP contribution in [-0.2, 0) is 11.2 Å². The molecule has 2 aromatic carbocycles. The fourth-order valence-corrected chi connectivity index (χ4v) is 5.37. The van der Waals surface area contributed by atoms with Gasteiger partial charge in [0.15, 0.2) is 0 Å². The van der Waals surface area contributed by atoms with Crippen molar-refractivity contribution in [1.29, 1.82) is 0 Å². The van der Waals surface area contributed by atoms with Crippen LogP contribution in [0.4, 0.5) is 0 Å². The van der Waals surface area contributed by atoms with Gasteiger partial charge in [0.25, 0.3) is 5.91 Å². The monoisotopic (exact) mass is 476 g/mol. The fraction of sp³-hybridized carbons (Fsp3) is 0.357. The molecule has 0 bridgehead atoms. The van der Waals surface area contributed by atoms with Gasteiger partial charge >= 0.3 is 0 Å². The van der Waals surface area contributed by atoms with Crippen LogP contribution in [0.1, 0.15) is 51.3 Å². The average Bonchev–Trinajstić information content (AvgIpc) is 3.32. The van der Waals surface area contributed by atoms with E-state index in [4.69, 9.17) is 4.74 Å². The molecule has 0 spiro atoms. The number of aryl methyl sites for hydroxylation is 2. The lowest BCUT2D eigenvalue weighted by Crippen LogP contribution is -2.48. The Morgan fingerprint density at radius 1 is 1.09 bits per heavy atom. The van der Waals surface area contributed by atoms with Gasteiger partial charge in [-0.05, 0) is 67.5 Å². The van der Waals surface area contributed by atoms with Gasteiger partial charge in [0.05, 0.1) is 6.04 Å². The van der Waals surface area contributed by atoms with E-state index in [9.17, 15) is 9.59 Å². The van der Waals surface area contributed by atoms with Crippen molar-refractivity contribution in [2.24, 2.45) is 0 Å². The van der Waals surface area contributed by atoms with E-state index in [1.54, 1.807) is 16.2 Å². The summed E-state index contributed by atoms with van der Waals surface area (Å²) in [7, 11) is 0. The molecule has 178 valence electrons. The number of hydrogen-bond acceptors (Lipinski definition) is 4. The van der Waals surface area contributed by atoms with Crippen molar-refractivity contribution in [3.63, 3.8) is 0 Å². The first-order valence-corrected chi connectivity index (χ1v) is 12.8. The quantitative estimate of drug-likeness (QED) is 0.436. The Morgan fingerprint density at radius 2 is 1.85 bits per heavy atom. The summed E-state index contributed by atoms with van der Waals surface area (Å²) in [5, 5.41) is 2.09. The van der Waals surface area contributed by atoms with E-state index in [1.807, 2.05) is 74.2 Å². The largest absolute Gasteiger partial charge is 0.491 e. The molecule has 0 fully saturated rings. The molecule has 2 amide bonds. The van der Waals surface area contributed by atoms with Crippen molar-refractivity contribution in [3.8, 4) is 5.75 Å². The van der Waals surface area contributed by atoms with Crippen LogP contribution in [0.2, 0.25) is 0 Å². The molecular weight excluding hydrogens is 444 g/mol. The van der Waals surface area contributed by atoms with E-state index < -0.39 is 0 Å². The van der Waals surface area contributed by atoms with Gasteiger partial charge in [0.1, 0.15) is 18.9 Å². The molecule has 1 aliphatic rings. The van der Waals surface area contributed by atoms with Gasteiger partial charge in [-0.2, -0.15) is 0 Å². The zero-order valence-corrected chi connectivity index (χ0v) is 20.9. The number of thiophene rings is 1. The summed E-state index contributed by atoms with van der Waals surface area (Å²) in [6.45, 7) is 7.64. The minimum atomic E-state index is -0.166. The third-order valence-corrected chi connectivity index (χ3v) is 7.32. The lowest BCUT2D eigenvalue weighted by molar-refractivity contribution is -0.135. The molecule has 6 heteroatoms. The first kappa shape index (κ1) is 24.0. The van der Waals surface area contributed by atoms with Crippen LogP contribution < -0.4 is 4.74 Å². The Kier molecular flexibility index (Phi) is 7.68. The van der Waals surface area contributed by atoms with E-state index in [-0.39, 0.29) is 24.4 Å². The second kappa shape index (κ2) is 10.9. The maximum atomic E-state index is 13.6. The Bertz CT molecular complexity index is 1140. The predicted octanol–water partition coefficient (Wildman–Crippen LogP) is 5.42. The zero-order valence-electron chi connectivity index (χ0n) is 20.1. The van der Waals surface area contributed by atoms with Crippen molar-refractivity contribution in [2.45, 2.75) is 39.7 Å². The van der Waals surface area contributed by atoms with E-state index in [0.717, 1.165) is 29.7 Å². The summed E-state index contributed by atoms with van der Waals surface area (Å²) in [4.78, 5) is 31.8. The van der Waals surface area contributed by atoms with Crippen molar-refractivity contribution >= 4 is 23.2 Å². The Labute approximate surface area is 206 Å². The average molecular weight is 477 g/mol. The fourth-order valence-electron chi connectivity index (χ4n) is 4.44. The van der Waals surface area contributed by atoms with Gasteiger partial charge in [0.2, 0.25) is 5.91 Å². The van der Waals surface area contributed by atoms with Gasteiger partial charge in [-0.15, -0.1) is 11.3 Å². The van der Waals surface area contributed by atoms with Crippen molar-refractivity contribution in [3.05, 3.63) is 87.1 Å². The van der Waals surface area contributed by atoms with Crippen LogP contribution in [0.15, 0.2) is 60.0 Å². The first-order valence-electron chi connectivity index (χ1n) is 11.9. The third-order valence-electron chi connectivity index (χ3n) is 6.33. The lowest BCUT2D eigenvalue weighted by atomic mass is 10.00. The smallest absolute Gasteiger partial charge is 0.254 e. The second-order valence-corrected chi connectivity index (χ2v) is 9.82. The van der Waals surface area contributed by atoms with Crippen LogP contribution >= 0.6 is 11.3 Å². The summed E-state index contributed by atoms with van der Waals surface area (Å²) in [5.74, 6) is 0.668. The Morgan fingerprint density at radius 3 is 2.59 bits per heavy atom. The van der Waals surface area contributed by atoms with Gasteiger partial charge in [-0.3, -0.25) is 9.59 Å². The number of nitrogens with zero attached hydrogens (tertiary/aromatic N) is 2. The number of carbonyl (C=O) groups excluding carboxylic acids is 2. The second-order valence-electron chi connectivity index (χ2n) is 8.82. The Hall–Kier alpha value is -3.12. The summed E-state index contributed by atoms with van der Waals surface area (Å²) in [6.07, 6.45) is 1.62. The molecule has 5 nitrogen and oxygen atoms in total. The molecule has 2 heterocycles. The highest BCUT2D eigenvalue weighted by molar-refractivity contribution is 7.10. The SMILES string of the molecule is CCCN(CC(=O)N1CCc2sccc2[C@H]1COc1ccc(C)cc1)C(=O)c1ccccc1C. The third kappa shape index (κ3) is 5.33. The molecule has 0 N–H and O–H groups in total. The highest BCUT2D eigenvalue weighted by Gasteiger charge is 2.33. The predicted molar refractivity (Wildman–Crippen MR) is 137 cm³/mol. The molecule has 3 aromatic rings.